The molecule has 0 aliphatic carbocycles. The van der Waals surface area contributed by atoms with E-state index in [9.17, 15) is 4.79 Å². The fourth-order valence-corrected chi connectivity index (χ4v) is 2.39. The lowest BCUT2D eigenvalue weighted by atomic mass is 10.1. The summed E-state index contributed by atoms with van der Waals surface area (Å²) in [5.41, 5.74) is 2.96. The Morgan fingerprint density at radius 2 is 1.84 bits per heavy atom. The second kappa shape index (κ2) is 9.84. The van der Waals surface area contributed by atoms with Crippen LogP contribution in [0.15, 0.2) is 48.5 Å². The predicted molar refractivity (Wildman–Crippen MR) is 103 cm³/mol. The van der Waals surface area contributed by atoms with Crippen molar-refractivity contribution in [3.63, 3.8) is 0 Å². The molecule has 1 amide bonds. The summed E-state index contributed by atoms with van der Waals surface area (Å²) in [4.78, 5) is 12.2. The third kappa shape index (κ3) is 6.98. The summed E-state index contributed by atoms with van der Waals surface area (Å²) >= 11 is 0. The van der Waals surface area contributed by atoms with Gasteiger partial charge in [0.2, 0.25) is 5.91 Å². The summed E-state index contributed by atoms with van der Waals surface area (Å²) in [5.74, 6) is 1.32. The molecule has 25 heavy (non-hydrogen) atoms. The molecule has 0 saturated heterocycles. The van der Waals surface area contributed by atoms with Crippen molar-refractivity contribution in [3.05, 3.63) is 59.7 Å². The van der Waals surface area contributed by atoms with Gasteiger partial charge in [0.1, 0.15) is 5.75 Å². The van der Waals surface area contributed by atoms with Gasteiger partial charge in [-0.15, -0.1) is 0 Å². The molecule has 0 aliphatic heterocycles. The van der Waals surface area contributed by atoms with Gasteiger partial charge in [0, 0.05) is 12.2 Å². The number of hydrogen-bond acceptors (Lipinski definition) is 3. The number of hydrogen-bond donors (Lipinski definition) is 2. The minimum absolute atomic E-state index is 0.0172. The summed E-state index contributed by atoms with van der Waals surface area (Å²) in [5, 5.41) is 6.25. The van der Waals surface area contributed by atoms with Crippen LogP contribution in [0.3, 0.4) is 0 Å². The Balaban J connectivity index is 1.87. The molecule has 0 unspecified atom stereocenters. The normalized spacial score (nSPS) is 10.7. The number of amides is 1. The average Bonchev–Trinajstić information content (AvgIpc) is 2.59. The number of carbonyl (C=O) groups is 1. The van der Waals surface area contributed by atoms with E-state index in [2.05, 4.69) is 31.4 Å². The van der Waals surface area contributed by atoms with Crippen LogP contribution in [0, 0.1) is 5.92 Å². The van der Waals surface area contributed by atoms with Crippen LogP contribution in [0.4, 0.5) is 5.69 Å². The standard InChI is InChI=1S/C21H28N2O2/c1-4-22-14-18-6-5-7-19(12-18)23-21(24)13-17-8-10-20(11-9-17)25-15-16(2)3/h5-12,16,22H,4,13-15H2,1-3H3,(H,23,24). The van der Waals surface area contributed by atoms with Gasteiger partial charge in [-0.1, -0.05) is 45.0 Å². The minimum Gasteiger partial charge on any atom is -0.493 e. The Bertz CT molecular complexity index is 666. The van der Waals surface area contributed by atoms with Gasteiger partial charge in [-0.25, -0.2) is 0 Å². The number of rotatable bonds is 9. The molecular weight excluding hydrogens is 312 g/mol. The van der Waals surface area contributed by atoms with Gasteiger partial charge < -0.3 is 15.4 Å². The van der Waals surface area contributed by atoms with Crippen LogP contribution in [0.25, 0.3) is 0 Å². The van der Waals surface area contributed by atoms with Crippen molar-refractivity contribution < 1.29 is 9.53 Å². The molecule has 2 aromatic carbocycles. The van der Waals surface area contributed by atoms with Crippen LogP contribution in [-0.4, -0.2) is 19.1 Å². The number of anilines is 1. The molecule has 4 heteroatoms. The Hall–Kier alpha value is -2.33. The summed E-state index contributed by atoms with van der Waals surface area (Å²) in [6.07, 6.45) is 0.349. The Morgan fingerprint density at radius 3 is 2.52 bits per heavy atom. The van der Waals surface area contributed by atoms with E-state index < -0.39 is 0 Å². The average molecular weight is 340 g/mol. The van der Waals surface area contributed by atoms with Crippen molar-refractivity contribution in [3.8, 4) is 5.75 Å². The summed E-state index contributed by atoms with van der Waals surface area (Å²) in [7, 11) is 0. The maximum atomic E-state index is 12.2. The van der Waals surface area contributed by atoms with E-state index in [0.717, 1.165) is 35.7 Å². The van der Waals surface area contributed by atoms with Crippen LogP contribution in [0.1, 0.15) is 31.9 Å². The lowest BCUT2D eigenvalue weighted by Gasteiger charge is -2.10. The summed E-state index contributed by atoms with van der Waals surface area (Å²) in [6, 6.07) is 15.6. The molecule has 0 atom stereocenters. The van der Waals surface area contributed by atoms with E-state index in [1.807, 2.05) is 48.5 Å². The Kier molecular flexibility index (Phi) is 7.48. The predicted octanol–water partition coefficient (Wildman–Crippen LogP) is 4.01. The lowest BCUT2D eigenvalue weighted by Crippen LogP contribution is -2.15. The van der Waals surface area contributed by atoms with Crippen molar-refractivity contribution in [2.45, 2.75) is 33.7 Å². The molecule has 0 saturated carbocycles. The highest BCUT2D eigenvalue weighted by Crippen LogP contribution is 2.15. The highest BCUT2D eigenvalue weighted by Gasteiger charge is 2.06. The fourth-order valence-electron chi connectivity index (χ4n) is 2.39. The van der Waals surface area contributed by atoms with Crippen LogP contribution in [-0.2, 0) is 17.8 Å². The molecule has 2 N–H and O–H groups in total. The van der Waals surface area contributed by atoms with Crippen LogP contribution < -0.4 is 15.4 Å². The molecule has 2 rings (SSSR count). The molecule has 0 heterocycles. The maximum absolute atomic E-state index is 12.2. The number of ether oxygens (including phenoxy) is 1. The number of benzene rings is 2. The van der Waals surface area contributed by atoms with Crippen molar-refractivity contribution >= 4 is 11.6 Å². The zero-order valence-electron chi connectivity index (χ0n) is 15.3. The van der Waals surface area contributed by atoms with E-state index in [0.29, 0.717) is 18.9 Å². The van der Waals surface area contributed by atoms with E-state index in [4.69, 9.17) is 4.74 Å². The fraction of sp³-hybridized carbons (Fsp3) is 0.381. The molecule has 0 fully saturated rings. The highest BCUT2D eigenvalue weighted by molar-refractivity contribution is 5.92. The van der Waals surface area contributed by atoms with Crippen molar-refractivity contribution in [2.24, 2.45) is 5.92 Å². The van der Waals surface area contributed by atoms with Gasteiger partial charge >= 0.3 is 0 Å². The molecule has 2 aromatic rings. The van der Waals surface area contributed by atoms with E-state index >= 15 is 0 Å². The second-order valence-corrected chi connectivity index (χ2v) is 6.55. The molecule has 4 nitrogen and oxygen atoms in total. The molecule has 0 aromatic heterocycles. The summed E-state index contributed by atoms with van der Waals surface area (Å²) < 4.78 is 5.66. The van der Waals surface area contributed by atoms with E-state index in [1.54, 1.807) is 0 Å². The van der Waals surface area contributed by atoms with Gasteiger partial charge in [-0.3, -0.25) is 4.79 Å². The third-order valence-electron chi connectivity index (χ3n) is 3.66. The third-order valence-corrected chi connectivity index (χ3v) is 3.66. The first-order valence-corrected chi connectivity index (χ1v) is 8.88. The van der Waals surface area contributed by atoms with Crippen molar-refractivity contribution in [1.29, 1.82) is 0 Å². The van der Waals surface area contributed by atoms with E-state index in [1.165, 1.54) is 0 Å². The Labute approximate surface area is 150 Å². The van der Waals surface area contributed by atoms with Gasteiger partial charge in [0.05, 0.1) is 13.0 Å². The Morgan fingerprint density at radius 1 is 1.08 bits per heavy atom. The van der Waals surface area contributed by atoms with Crippen molar-refractivity contribution in [2.75, 3.05) is 18.5 Å². The largest absolute Gasteiger partial charge is 0.493 e. The SMILES string of the molecule is CCNCc1cccc(NC(=O)Cc2ccc(OCC(C)C)cc2)c1. The van der Waals surface area contributed by atoms with Crippen LogP contribution >= 0.6 is 0 Å². The first-order valence-electron chi connectivity index (χ1n) is 8.88. The zero-order chi connectivity index (χ0) is 18.1. The van der Waals surface area contributed by atoms with Crippen LogP contribution in [0.5, 0.6) is 5.75 Å². The first kappa shape index (κ1) is 19.0. The molecule has 0 radical (unpaired) electrons. The van der Waals surface area contributed by atoms with Crippen molar-refractivity contribution in [1.82, 2.24) is 5.32 Å². The maximum Gasteiger partial charge on any atom is 0.228 e. The van der Waals surface area contributed by atoms with Gasteiger partial charge in [0.15, 0.2) is 0 Å². The second-order valence-electron chi connectivity index (χ2n) is 6.55. The van der Waals surface area contributed by atoms with Gasteiger partial charge in [-0.2, -0.15) is 0 Å². The van der Waals surface area contributed by atoms with Crippen LogP contribution in [0.2, 0.25) is 0 Å². The van der Waals surface area contributed by atoms with Gasteiger partial charge in [-0.05, 0) is 47.9 Å². The minimum atomic E-state index is -0.0172. The highest BCUT2D eigenvalue weighted by atomic mass is 16.5. The smallest absolute Gasteiger partial charge is 0.228 e. The zero-order valence-corrected chi connectivity index (χ0v) is 15.3. The molecule has 0 spiro atoms. The molecule has 134 valence electrons. The summed E-state index contributed by atoms with van der Waals surface area (Å²) in [6.45, 7) is 8.73. The van der Waals surface area contributed by atoms with E-state index in [-0.39, 0.29) is 5.91 Å². The first-order chi connectivity index (χ1) is 12.1. The topological polar surface area (TPSA) is 50.4 Å². The number of carbonyl (C=O) groups excluding carboxylic acids is 1. The molecule has 0 aliphatic rings. The molecular formula is C21H28N2O2. The molecule has 0 bridgehead atoms. The quantitative estimate of drug-likeness (QED) is 0.725. The monoisotopic (exact) mass is 340 g/mol. The number of nitrogens with one attached hydrogen (secondary N) is 2. The van der Waals surface area contributed by atoms with Gasteiger partial charge in [0.25, 0.3) is 0 Å². The lowest BCUT2D eigenvalue weighted by molar-refractivity contribution is -0.115.